The number of amides is 1. The quantitative estimate of drug-likeness (QED) is 0.782. The highest BCUT2D eigenvalue weighted by atomic mass is 19.1. The van der Waals surface area contributed by atoms with Crippen molar-refractivity contribution in [1.82, 2.24) is 15.5 Å². The molecular formula is C18H16FN3O2. The van der Waals surface area contributed by atoms with E-state index >= 15 is 0 Å². The van der Waals surface area contributed by atoms with Gasteiger partial charge in [-0.3, -0.25) is 4.79 Å². The maximum Gasteiger partial charge on any atom is 0.251 e. The van der Waals surface area contributed by atoms with Crippen LogP contribution in [0.4, 0.5) is 4.39 Å². The Morgan fingerprint density at radius 2 is 2.00 bits per heavy atom. The normalized spacial score (nSPS) is 10.6. The lowest BCUT2D eigenvalue weighted by molar-refractivity contribution is 0.0953. The van der Waals surface area contributed by atoms with E-state index in [1.165, 1.54) is 18.2 Å². The molecule has 1 aromatic heterocycles. The average Bonchev–Trinajstić information content (AvgIpc) is 3.04. The molecule has 122 valence electrons. The van der Waals surface area contributed by atoms with Crippen LogP contribution < -0.4 is 5.32 Å². The molecule has 0 bridgehead atoms. The number of nitrogens with one attached hydrogen (secondary N) is 1. The smallest absolute Gasteiger partial charge is 0.251 e. The number of benzene rings is 2. The van der Waals surface area contributed by atoms with Crippen LogP contribution >= 0.6 is 0 Å². The number of carbonyl (C=O) groups is 1. The first-order chi connectivity index (χ1) is 11.6. The fraction of sp³-hybridized carbons (Fsp3) is 0.167. The van der Waals surface area contributed by atoms with E-state index in [9.17, 15) is 9.18 Å². The Hall–Kier alpha value is -3.02. The van der Waals surface area contributed by atoms with Crippen LogP contribution in [-0.2, 0) is 6.42 Å². The van der Waals surface area contributed by atoms with E-state index in [1.807, 2.05) is 31.2 Å². The van der Waals surface area contributed by atoms with Gasteiger partial charge in [0.1, 0.15) is 5.82 Å². The third kappa shape index (κ3) is 3.65. The van der Waals surface area contributed by atoms with Crippen LogP contribution in [0.5, 0.6) is 0 Å². The molecule has 0 unspecified atom stereocenters. The molecule has 0 aliphatic heterocycles. The Kier molecular flexibility index (Phi) is 4.65. The Labute approximate surface area is 138 Å². The summed E-state index contributed by atoms with van der Waals surface area (Å²) in [6.07, 6.45) is 0.403. The predicted octanol–water partition coefficient (Wildman–Crippen LogP) is 3.16. The zero-order valence-electron chi connectivity index (χ0n) is 13.1. The molecule has 3 aromatic rings. The molecular weight excluding hydrogens is 309 g/mol. The van der Waals surface area contributed by atoms with Crippen LogP contribution in [0.25, 0.3) is 11.5 Å². The van der Waals surface area contributed by atoms with Gasteiger partial charge in [-0.1, -0.05) is 24.3 Å². The second-order valence-corrected chi connectivity index (χ2v) is 5.33. The maximum atomic E-state index is 13.1. The number of hydrogen-bond donors (Lipinski definition) is 1. The van der Waals surface area contributed by atoms with Crippen LogP contribution in [0.2, 0.25) is 0 Å². The van der Waals surface area contributed by atoms with E-state index in [2.05, 4.69) is 15.5 Å². The molecule has 1 heterocycles. The minimum absolute atomic E-state index is 0.279. The number of aromatic nitrogens is 2. The zero-order valence-corrected chi connectivity index (χ0v) is 13.1. The average molecular weight is 325 g/mol. The number of aryl methyl sites for hydroxylation is 1. The minimum Gasteiger partial charge on any atom is -0.421 e. The molecule has 0 radical (unpaired) electrons. The molecule has 0 fully saturated rings. The minimum atomic E-state index is -0.442. The van der Waals surface area contributed by atoms with Crippen molar-refractivity contribution in [3.8, 4) is 11.5 Å². The van der Waals surface area contributed by atoms with Crippen molar-refractivity contribution < 1.29 is 13.6 Å². The molecule has 2 aromatic carbocycles. The van der Waals surface area contributed by atoms with E-state index < -0.39 is 5.82 Å². The lowest BCUT2D eigenvalue weighted by Crippen LogP contribution is -2.25. The Balaban J connectivity index is 1.58. The van der Waals surface area contributed by atoms with Gasteiger partial charge < -0.3 is 9.73 Å². The fourth-order valence-electron chi connectivity index (χ4n) is 2.29. The molecule has 1 amide bonds. The van der Waals surface area contributed by atoms with Crippen molar-refractivity contribution in [2.75, 3.05) is 6.54 Å². The van der Waals surface area contributed by atoms with E-state index in [-0.39, 0.29) is 11.5 Å². The summed E-state index contributed by atoms with van der Waals surface area (Å²) in [5.41, 5.74) is 2.22. The Morgan fingerprint density at radius 3 is 2.79 bits per heavy atom. The summed E-state index contributed by atoms with van der Waals surface area (Å²) < 4.78 is 18.7. The van der Waals surface area contributed by atoms with Gasteiger partial charge in [0.15, 0.2) is 0 Å². The molecule has 5 nitrogen and oxygen atoms in total. The van der Waals surface area contributed by atoms with E-state index in [4.69, 9.17) is 4.42 Å². The largest absolute Gasteiger partial charge is 0.421 e. The molecule has 0 atom stereocenters. The van der Waals surface area contributed by atoms with Gasteiger partial charge in [-0.05, 0) is 36.8 Å². The summed E-state index contributed by atoms with van der Waals surface area (Å²) in [6, 6.07) is 13.3. The van der Waals surface area contributed by atoms with Gasteiger partial charge in [-0.2, -0.15) is 0 Å². The third-order valence-electron chi connectivity index (χ3n) is 3.55. The van der Waals surface area contributed by atoms with Crippen molar-refractivity contribution in [1.29, 1.82) is 0 Å². The van der Waals surface area contributed by atoms with Crippen LogP contribution in [-0.4, -0.2) is 22.6 Å². The summed E-state index contributed by atoms with van der Waals surface area (Å²) >= 11 is 0. The first-order valence-corrected chi connectivity index (χ1v) is 7.55. The topological polar surface area (TPSA) is 68.0 Å². The Morgan fingerprint density at radius 1 is 1.17 bits per heavy atom. The molecule has 6 heteroatoms. The van der Waals surface area contributed by atoms with Crippen molar-refractivity contribution in [2.24, 2.45) is 0 Å². The second kappa shape index (κ2) is 7.04. The van der Waals surface area contributed by atoms with Gasteiger partial charge in [-0.25, -0.2) is 4.39 Å². The van der Waals surface area contributed by atoms with Crippen molar-refractivity contribution >= 4 is 5.91 Å². The van der Waals surface area contributed by atoms with Crippen LogP contribution in [0.1, 0.15) is 21.8 Å². The first kappa shape index (κ1) is 15.9. The molecule has 24 heavy (non-hydrogen) atoms. The molecule has 0 saturated heterocycles. The van der Waals surface area contributed by atoms with E-state index in [0.717, 1.165) is 11.1 Å². The molecule has 0 aliphatic carbocycles. The summed E-state index contributed by atoms with van der Waals surface area (Å²) in [7, 11) is 0. The molecule has 0 spiro atoms. The summed E-state index contributed by atoms with van der Waals surface area (Å²) in [5.74, 6) is 0.114. The lowest BCUT2D eigenvalue weighted by atomic mass is 10.1. The van der Waals surface area contributed by atoms with Crippen molar-refractivity contribution in [3.63, 3.8) is 0 Å². The van der Waals surface area contributed by atoms with Gasteiger partial charge in [0.05, 0.1) is 0 Å². The van der Waals surface area contributed by atoms with Gasteiger partial charge >= 0.3 is 0 Å². The second-order valence-electron chi connectivity index (χ2n) is 5.33. The fourth-order valence-corrected chi connectivity index (χ4v) is 2.29. The summed E-state index contributed by atoms with van der Waals surface area (Å²) in [6.45, 7) is 2.29. The third-order valence-corrected chi connectivity index (χ3v) is 3.55. The number of nitrogens with zero attached hydrogens (tertiary/aromatic N) is 2. The van der Waals surface area contributed by atoms with Crippen LogP contribution in [0, 0.1) is 12.7 Å². The first-order valence-electron chi connectivity index (χ1n) is 7.55. The number of hydrogen-bond acceptors (Lipinski definition) is 4. The van der Waals surface area contributed by atoms with Gasteiger partial charge in [0, 0.05) is 24.1 Å². The van der Waals surface area contributed by atoms with E-state index in [1.54, 1.807) is 6.07 Å². The van der Waals surface area contributed by atoms with Crippen LogP contribution in [0.15, 0.2) is 52.9 Å². The Bertz CT molecular complexity index is 861. The number of rotatable bonds is 5. The van der Waals surface area contributed by atoms with Gasteiger partial charge in [-0.15, -0.1) is 10.2 Å². The molecule has 1 N–H and O–H groups in total. The zero-order chi connectivity index (χ0) is 16.9. The highest BCUT2D eigenvalue weighted by molar-refractivity contribution is 5.94. The summed E-state index contributed by atoms with van der Waals surface area (Å²) in [4.78, 5) is 11.9. The maximum absolute atomic E-state index is 13.1. The summed E-state index contributed by atoms with van der Waals surface area (Å²) in [5, 5.41) is 10.7. The standard InChI is InChI=1S/C18H16FN3O2/c1-12-5-2-3-8-15(12)18-22-21-16(24-18)9-10-20-17(23)13-6-4-7-14(19)11-13/h2-8,11H,9-10H2,1H3,(H,20,23). The van der Waals surface area contributed by atoms with Gasteiger partial charge in [0.25, 0.3) is 5.91 Å². The molecule has 0 aliphatic rings. The predicted molar refractivity (Wildman–Crippen MR) is 86.9 cm³/mol. The highest BCUT2D eigenvalue weighted by Crippen LogP contribution is 2.21. The SMILES string of the molecule is Cc1ccccc1-c1nnc(CCNC(=O)c2cccc(F)c2)o1. The van der Waals surface area contributed by atoms with Crippen molar-refractivity contribution in [2.45, 2.75) is 13.3 Å². The molecule has 3 rings (SSSR count). The number of carbonyl (C=O) groups excluding carboxylic acids is 1. The monoisotopic (exact) mass is 325 g/mol. The van der Waals surface area contributed by atoms with Crippen LogP contribution in [0.3, 0.4) is 0 Å². The van der Waals surface area contributed by atoms with Crippen molar-refractivity contribution in [3.05, 3.63) is 71.4 Å². The van der Waals surface area contributed by atoms with Gasteiger partial charge in [0.2, 0.25) is 11.8 Å². The number of halogens is 1. The highest BCUT2D eigenvalue weighted by Gasteiger charge is 2.11. The lowest BCUT2D eigenvalue weighted by Gasteiger charge is -2.03. The molecule has 0 saturated carbocycles. The van der Waals surface area contributed by atoms with E-state index in [0.29, 0.717) is 24.7 Å².